The van der Waals surface area contributed by atoms with Gasteiger partial charge in [-0.15, -0.1) is 0 Å². The van der Waals surface area contributed by atoms with Gasteiger partial charge in [-0.3, -0.25) is 14.7 Å². The lowest BCUT2D eigenvalue weighted by Crippen LogP contribution is -2.37. The number of aromatic amines is 2. The van der Waals surface area contributed by atoms with Crippen LogP contribution in [-0.2, 0) is 13.0 Å². The molecule has 0 saturated heterocycles. The molecule has 0 saturated carbocycles. The Kier molecular flexibility index (Phi) is 5.73. The predicted octanol–water partition coefficient (Wildman–Crippen LogP) is 2.10. The van der Waals surface area contributed by atoms with Crippen LogP contribution in [0.15, 0.2) is 16.9 Å². The molecule has 8 heteroatoms. The van der Waals surface area contributed by atoms with Gasteiger partial charge in [-0.2, -0.15) is 0 Å². The zero-order valence-electron chi connectivity index (χ0n) is 15.9. The van der Waals surface area contributed by atoms with Gasteiger partial charge in [0.2, 0.25) is 5.75 Å². The molecule has 8 nitrogen and oxygen atoms in total. The van der Waals surface area contributed by atoms with Gasteiger partial charge >= 0.3 is 0 Å². The highest BCUT2D eigenvalue weighted by molar-refractivity contribution is 5.95. The van der Waals surface area contributed by atoms with Crippen LogP contribution in [0.3, 0.4) is 0 Å². The Morgan fingerprint density at radius 2 is 1.67 bits per heavy atom. The number of aromatic nitrogens is 2. The molecule has 2 aromatic rings. The summed E-state index contributed by atoms with van der Waals surface area (Å²) >= 11 is 0. The fourth-order valence-electron chi connectivity index (χ4n) is 3.19. The van der Waals surface area contributed by atoms with E-state index in [0.717, 1.165) is 5.69 Å². The average Bonchev–Trinajstić information content (AvgIpc) is 3.04. The van der Waals surface area contributed by atoms with E-state index in [1.54, 1.807) is 17.0 Å². The van der Waals surface area contributed by atoms with Crippen LogP contribution < -0.4 is 19.8 Å². The minimum absolute atomic E-state index is 0.175. The summed E-state index contributed by atoms with van der Waals surface area (Å²) in [6, 6.07) is 3.35. The Balaban J connectivity index is 1.94. The molecule has 1 aliphatic heterocycles. The summed E-state index contributed by atoms with van der Waals surface area (Å²) in [4.78, 5) is 26.6. The monoisotopic (exact) mass is 375 g/mol. The Morgan fingerprint density at radius 3 is 2.26 bits per heavy atom. The second-order valence-electron chi connectivity index (χ2n) is 6.11. The maximum atomic E-state index is 13.1. The Morgan fingerprint density at radius 1 is 1.04 bits per heavy atom. The first-order valence-electron chi connectivity index (χ1n) is 9.23. The molecular formula is C19H25N3O5. The lowest BCUT2D eigenvalue weighted by molar-refractivity contribution is 0.0732. The third-order valence-electron chi connectivity index (χ3n) is 4.39. The quantitative estimate of drug-likeness (QED) is 0.772. The molecule has 1 aliphatic rings. The van der Waals surface area contributed by atoms with Gasteiger partial charge in [-0.05, 0) is 32.9 Å². The number of amides is 1. The van der Waals surface area contributed by atoms with E-state index in [1.165, 1.54) is 0 Å². The number of rotatable bonds is 7. The first-order valence-corrected chi connectivity index (χ1v) is 9.23. The fourth-order valence-corrected chi connectivity index (χ4v) is 3.19. The molecule has 0 bridgehead atoms. The van der Waals surface area contributed by atoms with Crippen molar-refractivity contribution in [3.63, 3.8) is 0 Å². The van der Waals surface area contributed by atoms with E-state index in [1.807, 2.05) is 20.8 Å². The maximum Gasteiger partial charge on any atom is 0.269 e. The third kappa shape index (κ3) is 3.79. The van der Waals surface area contributed by atoms with E-state index < -0.39 is 0 Å². The van der Waals surface area contributed by atoms with E-state index in [9.17, 15) is 9.59 Å². The molecule has 0 spiro atoms. The van der Waals surface area contributed by atoms with Crippen molar-refractivity contribution in [1.29, 1.82) is 0 Å². The normalized spacial score (nSPS) is 13.2. The van der Waals surface area contributed by atoms with Gasteiger partial charge in [0, 0.05) is 24.2 Å². The summed E-state index contributed by atoms with van der Waals surface area (Å²) in [6.45, 7) is 7.76. The van der Waals surface area contributed by atoms with Crippen molar-refractivity contribution < 1.29 is 19.0 Å². The first-order chi connectivity index (χ1) is 13.1. The van der Waals surface area contributed by atoms with Crippen LogP contribution in [0.1, 0.15) is 42.4 Å². The van der Waals surface area contributed by atoms with Crippen molar-refractivity contribution in [3.8, 4) is 17.2 Å². The van der Waals surface area contributed by atoms with Crippen molar-refractivity contribution in [3.05, 3.63) is 39.3 Å². The highest BCUT2D eigenvalue weighted by atomic mass is 16.5. The minimum Gasteiger partial charge on any atom is -0.490 e. The van der Waals surface area contributed by atoms with Crippen LogP contribution in [0.25, 0.3) is 0 Å². The van der Waals surface area contributed by atoms with Crippen LogP contribution in [0.2, 0.25) is 0 Å². The number of fused-ring (bicyclic) bond motifs is 1. The molecule has 1 aromatic carbocycles. The molecule has 27 heavy (non-hydrogen) atoms. The highest BCUT2D eigenvalue weighted by Gasteiger charge is 2.27. The van der Waals surface area contributed by atoms with Gasteiger partial charge in [0.05, 0.1) is 31.9 Å². The first kappa shape index (κ1) is 18.9. The summed E-state index contributed by atoms with van der Waals surface area (Å²) in [5.74, 6) is 1.28. The van der Waals surface area contributed by atoms with Crippen LogP contribution in [0.5, 0.6) is 17.2 Å². The summed E-state index contributed by atoms with van der Waals surface area (Å²) < 4.78 is 17.0. The number of nitrogens with zero attached hydrogens (tertiary/aromatic N) is 1. The van der Waals surface area contributed by atoms with E-state index >= 15 is 0 Å². The second-order valence-corrected chi connectivity index (χ2v) is 6.11. The summed E-state index contributed by atoms with van der Waals surface area (Å²) in [6.07, 6.45) is 0.605. The third-order valence-corrected chi connectivity index (χ3v) is 4.39. The lowest BCUT2D eigenvalue weighted by atomic mass is 10.1. The van der Waals surface area contributed by atoms with Crippen molar-refractivity contribution in [2.24, 2.45) is 0 Å². The number of ether oxygens (including phenoxy) is 3. The Labute approximate surface area is 157 Å². The number of hydrogen-bond donors (Lipinski definition) is 2. The van der Waals surface area contributed by atoms with Crippen molar-refractivity contribution in [2.45, 2.75) is 33.7 Å². The van der Waals surface area contributed by atoms with E-state index in [2.05, 4.69) is 10.2 Å². The number of benzene rings is 1. The second kappa shape index (κ2) is 8.20. The van der Waals surface area contributed by atoms with Crippen molar-refractivity contribution >= 4 is 5.91 Å². The van der Waals surface area contributed by atoms with E-state index in [0.29, 0.717) is 61.2 Å². The average molecular weight is 375 g/mol. The molecule has 1 aromatic heterocycles. The van der Waals surface area contributed by atoms with Crippen molar-refractivity contribution in [2.75, 3.05) is 26.4 Å². The molecule has 146 valence electrons. The minimum atomic E-state index is -0.181. The zero-order chi connectivity index (χ0) is 19.4. The molecule has 2 N–H and O–H groups in total. The topological polar surface area (TPSA) is 96.7 Å². The molecule has 0 atom stereocenters. The van der Waals surface area contributed by atoms with Crippen LogP contribution in [0.4, 0.5) is 0 Å². The summed E-state index contributed by atoms with van der Waals surface area (Å²) in [7, 11) is 0. The summed E-state index contributed by atoms with van der Waals surface area (Å²) in [5.41, 5.74) is 1.73. The Hall–Kier alpha value is -2.90. The zero-order valence-corrected chi connectivity index (χ0v) is 15.9. The molecular weight excluding hydrogens is 350 g/mol. The fraction of sp³-hybridized carbons (Fsp3) is 0.474. The van der Waals surface area contributed by atoms with Gasteiger partial charge < -0.3 is 24.2 Å². The molecule has 0 unspecified atom stereocenters. The molecule has 2 heterocycles. The molecule has 1 amide bonds. The highest BCUT2D eigenvalue weighted by Crippen LogP contribution is 2.39. The number of H-pyrrole nitrogens is 2. The largest absolute Gasteiger partial charge is 0.490 e. The molecule has 3 rings (SSSR count). The lowest BCUT2D eigenvalue weighted by Gasteiger charge is -2.27. The van der Waals surface area contributed by atoms with E-state index in [-0.39, 0.29) is 18.0 Å². The standard InChI is InChI=1S/C19H25N3O5/c1-4-25-15-9-12(10-16(26-5-2)17(15)27-6-3)19(24)22-8-7-14-13(11-22)18(23)21-20-14/h9-10H,4-8,11H2,1-3H3,(H2,20,21,23). The molecule has 0 aliphatic carbocycles. The molecule has 0 radical (unpaired) electrons. The summed E-state index contributed by atoms with van der Waals surface area (Å²) in [5, 5.41) is 5.44. The van der Waals surface area contributed by atoms with Crippen LogP contribution in [-0.4, -0.2) is 47.4 Å². The van der Waals surface area contributed by atoms with Gasteiger partial charge in [-0.25, -0.2) is 0 Å². The van der Waals surface area contributed by atoms with E-state index in [4.69, 9.17) is 14.2 Å². The predicted molar refractivity (Wildman–Crippen MR) is 99.8 cm³/mol. The van der Waals surface area contributed by atoms with Gasteiger partial charge in [0.15, 0.2) is 11.5 Å². The van der Waals surface area contributed by atoms with Gasteiger partial charge in [0.1, 0.15) is 0 Å². The SMILES string of the molecule is CCOc1cc(C(=O)N2CCc3[nH][nH]c(=O)c3C2)cc(OCC)c1OCC. The Bertz CT molecular complexity index is 843. The van der Waals surface area contributed by atoms with Crippen LogP contribution >= 0.6 is 0 Å². The van der Waals surface area contributed by atoms with Crippen LogP contribution in [0, 0.1) is 0 Å². The maximum absolute atomic E-state index is 13.1. The number of nitrogens with one attached hydrogen (secondary N) is 2. The number of carbonyl (C=O) groups excluding carboxylic acids is 1. The van der Waals surface area contributed by atoms with Gasteiger partial charge in [-0.1, -0.05) is 0 Å². The molecule has 0 fully saturated rings. The number of carbonyl (C=O) groups is 1. The van der Waals surface area contributed by atoms with Gasteiger partial charge in [0.25, 0.3) is 11.5 Å². The van der Waals surface area contributed by atoms with Crippen molar-refractivity contribution in [1.82, 2.24) is 15.1 Å². The number of hydrogen-bond acceptors (Lipinski definition) is 5. The smallest absolute Gasteiger partial charge is 0.269 e.